The molecule has 0 aliphatic heterocycles. The van der Waals surface area contributed by atoms with Crippen LogP contribution in [0.4, 0.5) is 13.2 Å². The van der Waals surface area contributed by atoms with Crippen LogP contribution in [0.3, 0.4) is 0 Å². The highest BCUT2D eigenvalue weighted by Crippen LogP contribution is 2.31. The largest absolute Gasteiger partial charge is 0.249 e. The van der Waals surface area contributed by atoms with Crippen molar-refractivity contribution in [3.05, 3.63) is 29.6 Å². The third kappa shape index (κ3) is 3.35. The van der Waals surface area contributed by atoms with E-state index in [1.807, 2.05) is 0 Å². The molecule has 0 unspecified atom stereocenters. The lowest BCUT2D eigenvalue weighted by Gasteiger charge is -2.27. The quantitative estimate of drug-likeness (QED) is 0.771. The van der Waals surface area contributed by atoms with E-state index in [0.717, 1.165) is 17.1 Å². The Morgan fingerprint density at radius 2 is 1.67 bits per heavy atom. The topological polar surface area (TPSA) is 37.4 Å². The molecule has 0 atom stereocenters. The zero-order valence-corrected chi connectivity index (χ0v) is 12.7. The second kappa shape index (κ2) is 6.54. The van der Waals surface area contributed by atoms with Crippen LogP contribution in [0.2, 0.25) is 0 Å². The Morgan fingerprint density at radius 3 is 2.14 bits per heavy atom. The lowest BCUT2D eigenvalue weighted by atomic mass is 10.2. The number of hydrogen-bond acceptors (Lipinski definition) is 2. The van der Waals surface area contributed by atoms with Crippen molar-refractivity contribution in [3.63, 3.8) is 0 Å². The third-order valence-electron chi connectivity index (χ3n) is 3.57. The van der Waals surface area contributed by atoms with Gasteiger partial charge in [0.25, 0.3) is 0 Å². The molecule has 118 valence electrons. The molecule has 0 aromatic heterocycles. The van der Waals surface area contributed by atoms with Crippen LogP contribution < -0.4 is 0 Å². The van der Waals surface area contributed by atoms with Crippen LogP contribution in [-0.2, 0) is 10.0 Å². The van der Waals surface area contributed by atoms with Crippen LogP contribution >= 0.6 is 11.6 Å². The smallest absolute Gasteiger partial charge is 0.207 e. The van der Waals surface area contributed by atoms with Crippen LogP contribution in [0.1, 0.15) is 25.7 Å². The lowest BCUT2D eigenvalue weighted by molar-refractivity contribution is 0.332. The average Bonchev–Trinajstić information content (AvgIpc) is 2.87. The predicted molar refractivity (Wildman–Crippen MR) is 73.2 cm³/mol. The van der Waals surface area contributed by atoms with Crippen molar-refractivity contribution in [2.45, 2.75) is 36.6 Å². The second-order valence-corrected chi connectivity index (χ2v) is 7.15. The summed E-state index contributed by atoms with van der Waals surface area (Å²) in [6, 6.07) is 0.407. The van der Waals surface area contributed by atoms with Gasteiger partial charge in [0.1, 0.15) is 17.5 Å². The monoisotopic (exact) mass is 341 g/mol. The molecule has 1 saturated carbocycles. The summed E-state index contributed by atoms with van der Waals surface area (Å²) in [5.41, 5.74) is 0. The van der Waals surface area contributed by atoms with Gasteiger partial charge in [0, 0.05) is 30.6 Å². The number of hydrogen-bond donors (Lipinski definition) is 0. The zero-order valence-electron chi connectivity index (χ0n) is 11.2. The fourth-order valence-electron chi connectivity index (χ4n) is 2.67. The van der Waals surface area contributed by atoms with Gasteiger partial charge in [-0.25, -0.2) is 21.6 Å². The van der Waals surface area contributed by atoms with Gasteiger partial charge < -0.3 is 0 Å². The SMILES string of the molecule is O=S(=O)(c1c(F)cc(F)cc1F)N(CCCl)C1CCCC1. The minimum absolute atomic E-state index is 0.0141. The van der Waals surface area contributed by atoms with Crippen LogP contribution in [0.5, 0.6) is 0 Å². The van der Waals surface area contributed by atoms with Crippen molar-refractivity contribution in [2.24, 2.45) is 0 Å². The normalized spacial score (nSPS) is 16.8. The number of rotatable bonds is 5. The van der Waals surface area contributed by atoms with Crippen LogP contribution in [0, 0.1) is 17.5 Å². The molecule has 1 aliphatic rings. The van der Waals surface area contributed by atoms with Gasteiger partial charge >= 0.3 is 0 Å². The van der Waals surface area contributed by atoms with Crippen LogP contribution in [0.15, 0.2) is 17.0 Å². The molecule has 0 saturated heterocycles. The molecule has 0 spiro atoms. The molecular formula is C13H15ClF3NO2S. The van der Waals surface area contributed by atoms with Crippen molar-refractivity contribution in [1.82, 2.24) is 4.31 Å². The minimum Gasteiger partial charge on any atom is -0.207 e. The molecule has 21 heavy (non-hydrogen) atoms. The van der Waals surface area contributed by atoms with Crippen molar-refractivity contribution in [2.75, 3.05) is 12.4 Å². The van der Waals surface area contributed by atoms with Gasteiger partial charge in [0.2, 0.25) is 10.0 Å². The summed E-state index contributed by atoms with van der Waals surface area (Å²) < 4.78 is 66.6. The maximum atomic E-state index is 13.8. The highest BCUT2D eigenvalue weighted by atomic mass is 35.5. The summed E-state index contributed by atoms with van der Waals surface area (Å²) in [6.45, 7) is -0.0369. The van der Waals surface area contributed by atoms with E-state index < -0.39 is 32.4 Å². The predicted octanol–water partition coefficient (Wildman–Crippen LogP) is 3.28. The summed E-state index contributed by atoms with van der Waals surface area (Å²) in [4.78, 5) is -1.11. The average molecular weight is 342 g/mol. The van der Waals surface area contributed by atoms with E-state index in [2.05, 4.69) is 0 Å². The highest BCUT2D eigenvalue weighted by molar-refractivity contribution is 7.89. The van der Waals surface area contributed by atoms with E-state index in [1.165, 1.54) is 0 Å². The Labute approximate surface area is 126 Å². The van der Waals surface area contributed by atoms with Gasteiger partial charge in [0.15, 0.2) is 4.90 Å². The van der Waals surface area contributed by atoms with Crippen molar-refractivity contribution in [1.29, 1.82) is 0 Å². The van der Waals surface area contributed by atoms with E-state index in [1.54, 1.807) is 0 Å². The summed E-state index contributed by atoms with van der Waals surface area (Å²) in [5.74, 6) is -4.00. The molecule has 1 aliphatic carbocycles. The Balaban J connectivity index is 2.48. The molecule has 8 heteroatoms. The molecule has 0 N–H and O–H groups in total. The highest BCUT2D eigenvalue weighted by Gasteiger charge is 2.36. The van der Waals surface area contributed by atoms with E-state index in [9.17, 15) is 21.6 Å². The molecule has 1 fully saturated rings. The third-order valence-corrected chi connectivity index (χ3v) is 5.74. The Kier molecular flexibility index (Phi) is 5.16. The summed E-state index contributed by atoms with van der Waals surface area (Å²) in [6.07, 6.45) is 2.96. The van der Waals surface area contributed by atoms with Crippen LogP contribution in [-0.4, -0.2) is 31.2 Å². The molecule has 0 radical (unpaired) electrons. The van der Waals surface area contributed by atoms with Gasteiger partial charge in [-0.05, 0) is 12.8 Å². The Morgan fingerprint density at radius 1 is 1.14 bits per heavy atom. The van der Waals surface area contributed by atoms with E-state index in [0.29, 0.717) is 25.0 Å². The van der Waals surface area contributed by atoms with Crippen molar-refractivity contribution < 1.29 is 21.6 Å². The molecule has 2 rings (SSSR count). The Bertz CT molecular complexity index is 595. The first-order valence-corrected chi connectivity index (χ1v) is 8.57. The number of benzene rings is 1. The lowest BCUT2D eigenvalue weighted by Crippen LogP contribution is -2.40. The molecular weight excluding hydrogens is 327 g/mol. The molecule has 3 nitrogen and oxygen atoms in total. The molecule has 1 aromatic rings. The van der Waals surface area contributed by atoms with Crippen molar-refractivity contribution in [3.8, 4) is 0 Å². The fourth-order valence-corrected chi connectivity index (χ4v) is 4.73. The van der Waals surface area contributed by atoms with Crippen molar-refractivity contribution >= 4 is 21.6 Å². The van der Waals surface area contributed by atoms with Crippen LogP contribution in [0.25, 0.3) is 0 Å². The first kappa shape index (κ1) is 16.6. The van der Waals surface area contributed by atoms with Gasteiger partial charge in [-0.2, -0.15) is 4.31 Å². The molecule has 0 heterocycles. The molecule has 1 aromatic carbocycles. The van der Waals surface area contributed by atoms with E-state index >= 15 is 0 Å². The fraction of sp³-hybridized carbons (Fsp3) is 0.538. The summed E-state index contributed by atoms with van der Waals surface area (Å²) >= 11 is 5.62. The molecule has 0 bridgehead atoms. The van der Waals surface area contributed by atoms with Gasteiger partial charge in [-0.1, -0.05) is 12.8 Å². The minimum atomic E-state index is -4.39. The van der Waals surface area contributed by atoms with Gasteiger partial charge in [-0.15, -0.1) is 11.6 Å². The maximum Gasteiger partial charge on any atom is 0.249 e. The van der Waals surface area contributed by atoms with E-state index in [4.69, 9.17) is 11.6 Å². The first-order chi connectivity index (χ1) is 9.87. The number of sulfonamides is 1. The number of halogens is 4. The van der Waals surface area contributed by atoms with E-state index in [-0.39, 0.29) is 18.5 Å². The number of alkyl halides is 1. The van der Waals surface area contributed by atoms with Gasteiger partial charge in [-0.3, -0.25) is 0 Å². The standard InChI is InChI=1S/C13H15ClF3NO2S/c14-5-6-18(10-3-1-2-4-10)21(19,20)13-11(16)7-9(15)8-12(13)17/h7-8,10H,1-6H2. The maximum absolute atomic E-state index is 13.8. The Hall–Kier alpha value is -0.790. The first-order valence-electron chi connectivity index (χ1n) is 6.60. The van der Waals surface area contributed by atoms with Gasteiger partial charge in [0.05, 0.1) is 0 Å². The molecule has 0 amide bonds. The number of nitrogens with zero attached hydrogens (tertiary/aromatic N) is 1. The second-order valence-electron chi connectivity index (χ2n) is 4.94. The summed E-state index contributed by atoms with van der Waals surface area (Å²) in [7, 11) is -4.39. The summed E-state index contributed by atoms with van der Waals surface area (Å²) in [5, 5.41) is 0. The zero-order chi connectivity index (χ0) is 15.6.